The summed E-state index contributed by atoms with van der Waals surface area (Å²) in [6, 6.07) is 10.00. The lowest BCUT2D eigenvalue weighted by molar-refractivity contribution is -0.130. The van der Waals surface area contributed by atoms with Gasteiger partial charge in [-0.05, 0) is 36.4 Å². The van der Waals surface area contributed by atoms with Crippen molar-refractivity contribution in [2.45, 2.75) is 17.9 Å². The van der Waals surface area contributed by atoms with Crippen molar-refractivity contribution in [1.29, 1.82) is 0 Å². The number of carbonyl (C=O) groups is 1. The van der Waals surface area contributed by atoms with Gasteiger partial charge in [0.05, 0.1) is 10.6 Å². The van der Waals surface area contributed by atoms with Gasteiger partial charge in [0.2, 0.25) is 5.91 Å². The van der Waals surface area contributed by atoms with Gasteiger partial charge in [-0.15, -0.1) is 0 Å². The van der Waals surface area contributed by atoms with Crippen molar-refractivity contribution >= 4 is 38.9 Å². The Balaban J connectivity index is 2.00. The first kappa shape index (κ1) is 19.7. The van der Waals surface area contributed by atoms with Crippen molar-refractivity contribution in [3.63, 3.8) is 0 Å². The van der Waals surface area contributed by atoms with Crippen molar-refractivity contribution in [3.05, 3.63) is 63.9 Å². The number of hydrogen-bond acceptors (Lipinski definition) is 3. The first-order valence-electron chi connectivity index (χ1n) is 7.36. The second-order valence-electron chi connectivity index (χ2n) is 5.47. The summed E-state index contributed by atoms with van der Waals surface area (Å²) < 4.78 is 38.3. The summed E-state index contributed by atoms with van der Waals surface area (Å²) in [5.41, 5.74) is 0.195. The Morgan fingerprint density at radius 3 is 2.36 bits per heavy atom. The smallest absolute Gasteiger partial charge is 0.223 e. The fourth-order valence-electron chi connectivity index (χ4n) is 2.18. The normalized spacial score (nSPS) is 11.4. The van der Waals surface area contributed by atoms with E-state index in [2.05, 4.69) is 0 Å². The molecular weight excluding hydrogens is 388 g/mol. The lowest BCUT2D eigenvalue weighted by atomic mass is 10.2. The van der Waals surface area contributed by atoms with Crippen molar-refractivity contribution in [1.82, 2.24) is 4.90 Å². The second-order valence-corrected chi connectivity index (χ2v) is 8.43. The van der Waals surface area contributed by atoms with E-state index in [1.165, 1.54) is 54.4 Å². The molecule has 0 radical (unpaired) electrons. The minimum atomic E-state index is -3.60. The van der Waals surface area contributed by atoms with Crippen LogP contribution >= 0.6 is 23.2 Å². The Morgan fingerprint density at radius 1 is 1.12 bits per heavy atom. The molecule has 0 fully saturated rings. The van der Waals surface area contributed by atoms with Crippen LogP contribution in [0.15, 0.2) is 47.4 Å². The van der Waals surface area contributed by atoms with E-state index in [9.17, 15) is 17.6 Å². The number of nitrogens with zero attached hydrogens (tertiary/aromatic N) is 1. The van der Waals surface area contributed by atoms with E-state index in [0.717, 1.165) is 0 Å². The Morgan fingerprint density at radius 2 is 1.76 bits per heavy atom. The van der Waals surface area contributed by atoms with Gasteiger partial charge in [0.25, 0.3) is 0 Å². The molecule has 0 aliphatic rings. The Kier molecular flexibility index (Phi) is 6.43. The number of halogens is 3. The average Bonchev–Trinajstić information content (AvgIpc) is 2.56. The van der Waals surface area contributed by atoms with E-state index in [0.29, 0.717) is 5.02 Å². The summed E-state index contributed by atoms with van der Waals surface area (Å²) in [4.78, 5) is 13.5. The molecule has 0 aliphatic carbocycles. The SMILES string of the molecule is CN(Cc1c(F)cccc1Cl)C(=O)CCS(=O)(=O)c1ccc(Cl)cc1. The predicted octanol–water partition coefficient (Wildman–Crippen LogP) is 3.95. The van der Waals surface area contributed by atoms with Crippen LogP contribution in [0.4, 0.5) is 4.39 Å². The summed E-state index contributed by atoms with van der Waals surface area (Å²) in [5, 5.41) is 0.643. The van der Waals surface area contributed by atoms with Crippen molar-refractivity contribution < 1.29 is 17.6 Å². The Bertz CT molecular complexity index is 850. The highest BCUT2D eigenvalue weighted by Crippen LogP contribution is 2.21. The average molecular weight is 404 g/mol. The first-order chi connectivity index (χ1) is 11.7. The van der Waals surface area contributed by atoms with Crippen LogP contribution in [0.25, 0.3) is 0 Å². The fourth-order valence-corrected chi connectivity index (χ4v) is 3.76. The van der Waals surface area contributed by atoms with Crippen LogP contribution in [0.2, 0.25) is 10.0 Å². The van der Waals surface area contributed by atoms with Crippen molar-refractivity contribution in [2.24, 2.45) is 0 Å². The maximum atomic E-state index is 13.8. The third kappa shape index (κ3) is 5.17. The third-order valence-corrected chi connectivity index (χ3v) is 5.98. The maximum Gasteiger partial charge on any atom is 0.223 e. The zero-order chi connectivity index (χ0) is 18.6. The largest absolute Gasteiger partial charge is 0.341 e. The van der Waals surface area contributed by atoms with Gasteiger partial charge >= 0.3 is 0 Å². The molecule has 2 aromatic carbocycles. The zero-order valence-electron chi connectivity index (χ0n) is 13.4. The Hall–Kier alpha value is -1.63. The number of sulfone groups is 1. The number of hydrogen-bond donors (Lipinski definition) is 0. The van der Waals surface area contributed by atoms with Gasteiger partial charge in [-0.2, -0.15) is 0 Å². The van der Waals surface area contributed by atoms with Crippen LogP contribution in [0, 0.1) is 5.82 Å². The zero-order valence-corrected chi connectivity index (χ0v) is 15.7. The number of rotatable bonds is 6. The molecule has 0 heterocycles. The van der Waals surface area contributed by atoms with Gasteiger partial charge in [-0.1, -0.05) is 29.3 Å². The lowest BCUT2D eigenvalue weighted by Crippen LogP contribution is -2.28. The molecule has 134 valence electrons. The number of carbonyl (C=O) groups excluding carboxylic acids is 1. The minimum absolute atomic E-state index is 0.0364. The molecule has 0 atom stereocenters. The number of benzene rings is 2. The second kappa shape index (κ2) is 8.17. The van der Waals surface area contributed by atoms with Crippen LogP contribution in [-0.2, 0) is 21.2 Å². The molecule has 0 N–H and O–H groups in total. The van der Waals surface area contributed by atoms with E-state index in [1.54, 1.807) is 0 Å². The first-order valence-corrected chi connectivity index (χ1v) is 9.76. The molecule has 0 saturated carbocycles. The van der Waals surface area contributed by atoms with Gasteiger partial charge in [-0.25, -0.2) is 12.8 Å². The number of amides is 1. The molecule has 4 nitrogen and oxygen atoms in total. The van der Waals surface area contributed by atoms with E-state index in [-0.39, 0.29) is 34.2 Å². The van der Waals surface area contributed by atoms with Crippen LogP contribution < -0.4 is 0 Å². The Labute approximate surface area is 156 Å². The molecule has 2 rings (SSSR count). The van der Waals surface area contributed by atoms with Gasteiger partial charge in [-0.3, -0.25) is 4.79 Å². The quantitative estimate of drug-likeness (QED) is 0.733. The van der Waals surface area contributed by atoms with E-state index in [1.807, 2.05) is 0 Å². The molecule has 0 aliphatic heterocycles. The lowest BCUT2D eigenvalue weighted by Gasteiger charge is -2.18. The predicted molar refractivity (Wildman–Crippen MR) is 96.0 cm³/mol. The topological polar surface area (TPSA) is 54.5 Å². The molecule has 0 unspecified atom stereocenters. The molecule has 0 spiro atoms. The highest BCUT2D eigenvalue weighted by atomic mass is 35.5. The van der Waals surface area contributed by atoms with E-state index < -0.39 is 21.6 Å². The van der Waals surface area contributed by atoms with Gasteiger partial charge in [0.1, 0.15) is 5.82 Å². The summed E-state index contributed by atoms with van der Waals surface area (Å²) in [7, 11) is -2.13. The van der Waals surface area contributed by atoms with Gasteiger partial charge in [0, 0.05) is 35.6 Å². The summed E-state index contributed by atoms with van der Waals surface area (Å²) in [6.07, 6.45) is -0.215. The summed E-state index contributed by atoms with van der Waals surface area (Å²) in [5.74, 6) is -1.28. The molecule has 25 heavy (non-hydrogen) atoms. The van der Waals surface area contributed by atoms with E-state index >= 15 is 0 Å². The monoisotopic (exact) mass is 403 g/mol. The van der Waals surface area contributed by atoms with Crippen LogP contribution in [0.5, 0.6) is 0 Å². The molecule has 0 bridgehead atoms. The highest BCUT2D eigenvalue weighted by molar-refractivity contribution is 7.91. The summed E-state index contributed by atoms with van der Waals surface area (Å²) >= 11 is 11.7. The van der Waals surface area contributed by atoms with E-state index in [4.69, 9.17) is 23.2 Å². The fraction of sp³-hybridized carbons (Fsp3) is 0.235. The summed E-state index contributed by atoms with van der Waals surface area (Å²) in [6.45, 7) is -0.0364. The van der Waals surface area contributed by atoms with Crippen LogP contribution in [0.1, 0.15) is 12.0 Å². The molecular formula is C17H16Cl2FNO3S. The van der Waals surface area contributed by atoms with Gasteiger partial charge in [0.15, 0.2) is 9.84 Å². The van der Waals surface area contributed by atoms with Crippen molar-refractivity contribution in [2.75, 3.05) is 12.8 Å². The van der Waals surface area contributed by atoms with Gasteiger partial charge < -0.3 is 4.90 Å². The minimum Gasteiger partial charge on any atom is -0.341 e. The molecule has 0 aromatic heterocycles. The highest BCUT2D eigenvalue weighted by Gasteiger charge is 2.19. The molecule has 0 saturated heterocycles. The standard InChI is InChI=1S/C17H16Cl2FNO3S/c1-21(11-14-15(19)3-2-4-16(14)20)17(22)9-10-25(23,24)13-7-5-12(18)6-8-13/h2-8H,9-11H2,1H3. The molecule has 2 aromatic rings. The third-order valence-electron chi connectivity index (χ3n) is 3.64. The van der Waals surface area contributed by atoms with Crippen LogP contribution in [0.3, 0.4) is 0 Å². The van der Waals surface area contributed by atoms with Crippen molar-refractivity contribution in [3.8, 4) is 0 Å². The molecule has 1 amide bonds. The maximum absolute atomic E-state index is 13.8. The molecule has 8 heteroatoms. The van der Waals surface area contributed by atoms with Crippen LogP contribution in [-0.4, -0.2) is 32.0 Å².